The first-order chi connectivity index (χ1) is 15.2. The van der Waals surface area contributed by atoms with Gasteiger partial charge in [-0.3, -0.25) is 19.6 Å². The Morgan fingerprint density at radius 2 is 2.00 bits per heavy atom. The van der Waals surface area contributed by atoms with Crippen LogP contribution in [0.25, 0.3) is 22.0 Å². The number of likely N-dealkylation sites (tertiary alicyclic amines) is 1. The SMILES string of the molecule is Cc1ccc(-c2ccc3nc(CC(=O)N4CC(F)(F)CC4C#N)cc(C(N)=O)c3c2)cn1. The van der Waals surface area contributed by atoms with E-state index in [1.165, 1.54) is 6.07 Å². The highest BCUT2D eigenvalue weighted by Gasteiger charge is 2.47. The van der Waals surface area contributed by atoms with Crippen LogP contribution in [0.2, 0.25) is 0 Å². The number of nitriles is 1. The number of nitrogens with zero attached hydrogens (tertiary/aromatic N) is 4. The molecule has 1 fully saturated rings. The number of alkyl halides is 2. The monoisotopic (exact) mass is 435 g/mol. The van der Waals surface area contributed by atoms with Gasteiger partial charge in [-0.15, -0.1) is 0 Å². The van der Waals surface area contributed by atoms with Crippen LogP contribution in [-0.2, 0) is 11.2 Å². The second kappa shape index (κ2) is 7.96. The Morgan fingerprint density at radius 1 is 1.25 bits per heavy atom. The first-order valence-electron chi connectivity index (χ1n) is 9.90. The van der Waals surface area contributed by atoms with E-state index in [1.54, 1.807) is 24.4 Å². The second-order valence-corrected chi connectivity index (χ2v) is 7.85. The smallest absolute Gasteiger partial charge is 0.268 e. The molecule has 1 aliphatic heterocycles. The summed E-state index contributed by atoms with van der Waals surface area (Å²) in [6, 6.07) is 11.0. The maximum atomic E-state index is 13.7. The molecule has 1 aliphatic rings. The molecule has 3 aromatic rings. The van der Waals surface area contributed by atoms with Gasteiger partial charge in [-0.2, -0.15) is 5.26 Å². The van der Waals surface area contributed by atoms with E-state index in [2.05, 4.69) is 9.97 Å². The number of amides is 2. The Bertz CT molecular complexity index is 1270. The van der Waals surface area contributed by atoms with Crippen LogP contribution in [-0.4, -0.2) is 45.2 Å². The summed E-state index contributed by atoms with van der Waals surface area (Å²) in [5.41, 5.74) is 8.94. The number of carbonyl (C=O) groups is 2. The van der Waals surface area contributed by atoms with Gasteiger partial charge in [0, 0.05) is 29.3 Å². The molecule has 162 valence electrons. The largest absolute Gasteiger partial charge is 0.366 e. The number of nitrogens with two attached hydrogens (primary N) is 1. The zero-order valence-electron chi connectivity index (χ0n) is 17.2. The molecule has 1 aromatic carbocycles. The molecule has 0 radical (unpaired) electrons. The van der Waals surface area contributed by atoms with E-state index in [-0.39, 0.29) is 17.7 Å². The molecular formula is C23H19F2N5O2. The molecule has 1 unspecified atom stereocenters. The van der Waals surface area contributed by atoms with Crippen LogP contribution >= 0.6 is 0 Å². The van der Waals surface area contributed by atoms with Crippen LogP contribution in [0.3, 0.4) is 0 Å². The summed E-state index contributed by atoms with van der Waals surface area (Å²) in [5, 5.41) is 9.63. The molecule has 0 bridgehead atoms. The number of halogens is 2. The van der Waals surface area contributed by atoms with Crippen molar-refractivity contribution < 1.29 is 18.4 Å². The zero-order valence-corrected chi connectivity index (χ0v) is 17.2. The molecule has 3 heterocycles. The Kier molecular flexibility index (Phi) is 5.30. The second-order valence-electron chi connectivity index (χ2n) is 7.85. The van der Waals surface area contributed by atoms with Gasteiger partial charge >= 0.3 is 0 Å². The van der Waals surface area contributed by atoms with Crippen molar-refractivity contribution in [3.8, 4) is 17.2 Å². The fourth-order valence-electron chi connectivity index (χ4n) is 3.84. The summed E-state index contributed by atoms with van der Waals surface area (Å²) in [7, 11) is 0. The number of rotatable bonds is 4. The Labute approximate surface area is 182 Å². The van der Waals surface area contributed by atoms with Crippen molar-refractivity contribution in [2.45, 2.75) is 31.7 Å². The predicted octanol–water partition coefficient (Wildman–Crippen LogP) is 3.01. The van der Waals surface area contributed by atoms with Gasteiger partial charge in [-0.25, -0.2) is 8.78 Å². The van der Waals surface area contributed by atoms with Gasteiger partial charge in [-0.05, 0) is 36.8 Å². The van der Waals surface area contributed by atoms with Crippen LogP contribution in [0.5, 0.6) is 0 Å². The van der Waals surface area contributed by atoms with Crippen molar-refractivity contribution in [1.29, 1.82) is 5.26 Å². The lowest BCUT2D eigenvalue weighted by Gasteiger charge is -2.19. The minimum atomic E-state index is -3.10. The maximum absolute atomic E-state index is 13.7. The third-order valence-corrected chi connectivity index (χ3v) is 5.44. The number of benzene rings is 1. The number of aryl methyl sites for hydroxylation is 1. The quantitative estimate of drug-likeness (QED) is 0.677. The van der Waals surface area contributed by atoms with E-state index in [9.17, 15) is 18.4 Å². The Morgan fingerprint density at radius 3 is 2.66 bits per heavy atom. The molecular weight excluding hydrogens is 416 g/mol. The predicted molar refractivity (Wildman–Crippen MR) is 113 cm³/mol. The van der Waals surface area contributed by atoms with Crippen molar-refractivity contribution >= 4 is 22.7 Å². The number of hydrogen-bond donors (Lipinski definition) is 1. The van der Waals surface area contributed by atoms with Crippen molar-refractivity contribution in [2.24, 2.45) is 5.73 Å². The lowest BCUT2D eigenvalue weighted by Crippen LogP contribution is -2.37. The van der Waals surface area contributed by atoms with Gasteiger partial charge in [0.25, 0.3) is 5.92 Å². The van der Waals surface area contributed by atoms with Crippen LogP contribution in [0.1, 0.15) is 28.2 Å². The fourth-order valence-corrected chi connectivity index (χ4v) is 3.84. The molecule has 9 heteroatoms. The van der Waals surface area contributed by atoms with Gasteiger partial charge in [0.2, 0.25) is 11.8 Å². The number of carbonyl (C=O) groups excluding carboxylic acids is 2. The molecule has 1 atom stereocenters. The van der Waals surface area contributed by atoms with Gasteiger partial charge in [0.1, 0.15) is 6.04 Å². The fraction of sp³-hybridized carbons (Fsp3) is 0.261. The Hall–Kier alpha value is -3.93. The van der Waals surface area contributed by atoms with E-state index >= 15 is 0 Å². The number of pyridine rings is 2. The summed E-state index contributed by atoms with van der Waals surface area (Å²) in [6.45, 7) is 1.07. The van der Waals surface area contributed by atoms with Crippen LogP contribution in [0, 0.1) is 18.3 Å². The van der Waals surface area contributed by atoms with Crippen molar-refractivity contribution in [3.63, 3.8) is 0 Å². The molecule has 7 nitrogen and oxygen atoms in total. The third-order valence-electron chi connectivity index (χ3n) is 5.44. The summed E-state index contributed by atoms with van der Waals surface area (Å²) in [4.78, 5) is 34.3. The van der Waals surface area contributed by atoms with Crippen molar-refractivity contribution in [3.05, 3.63) is 59.5 Å². The van der Waals surface area contributed by atoms with E-state index < -0.39 is 36.7 Å². The Balaban J connectivity index is 1.69. The molecule has 0 saturated carbocycles. The highest BCUT2D eigenvalue weighted by molar-refractivity contribution is 6.06. The number of aromatic nitrogens is 2. The van der Waals surface area contributed by atoms with Gasteiger partial charge in [-0.1, -0.05) is 12.1 Å². The van der Waals surface area contributed by atoms with Crippen LogP contribution in [0.4, 0.5) is 8.78 Å². The molecule has 1 saturated heterocycles. The number of hydrogen-bond acceptors (Lipinski definition) is 5. The number of primary amides is 1. The highest BCUT2D eigenvalue weighted by atomic mass is 19.3. The van der Waals surface area contributed by atoms with E-state index in [4.69, 9.17) is 11.0 Å². The molecule has 0 spiro atoms. The zero-order chi connectivity index (χ0) is 23.0. The summed E-state index contributed by atoms with van der Waals surface area (Å²) >= 11 is 0. The lowest BCUT2D eigenvalue weighted by atomic mass is 10.00. The van der Waals surface area contributed by atoms with Crippen molar-refractivity contribution in [1.82, 2.24) is 14.9 Å². The summed E-state index contributed by atoms with van der Waals surface area (Å²) in [6.07, 6.45) is 0.704. The van der Waals surface area contributed by atoms with Gasteiger partial charge < -0.3 is 10.6 Å². The topological polar surface area (TPSA) is 113 Å². The normalized spacial score (nSPS) is 17.3. The lowest BCUT2D eigenvalue weighted by molar-refractivity contribution is -0.131. The number of fused-ring (bicyclic) bond motifs is 1. The van der Waals surface area contributed by atoms with E-state index in [0.717, 1.165) is 21.7 Å². The first kappa shape index (κ1) is 21.3. The molecule has 4 rings (SSSR count). The van der Waals surface area contributed by atoms with Crippen molar-refractivity contribution in [2.75, 3.05) is 6.54 Å². The first-order valence-corrected chi connectivity index (χ1v) is 9.90. The molecule has 32 heavy (non-hydrogen) atoms. The minimum Gasteiger partial charge on any atom is -0.366 e. The molecule has 2 amide bonds. The van der Waals surface area contributed by atoms with Gasteiger partial charge in [0.05, 0.1) is 35.8 Å². The molecule has 2 N–H and O–H groups in total. The summed E-state index contributed by atoms with van der Waals surface area (Å²) < 4.78 is 27.4. The summed E-state index contributed by atoms with van der Waals surface area (Å²) in [5.74, 6) is -4.46. The molecule has 2 aromatic heterocycles. The average Bonchev–Trinajstić information content (AvgIpc) is 3.08. The molecule has 0 aliphatic carbocycles. The minimum absolute atomic E-state index is 0.170. The van der Waals surface area contributed by atoms with E-state index in [0.29, 0.717) is 10.9 Å². The maximum Gasteiger partial charge on any atom is 0.268 e. The van der Waals surface area contributed by atoms with Crippen LogP contribution < -0.4 is 5.73 Å². The van der Waals surface area contributed by atoms with E-state index in [1.807, 2.05) is 25.1 Å². The third kappa shape index (κ3) is 4.12. The average molecular weight is 435 g/mol. The highest BCUT2D eigenvalue weighted by Crippen LogP contribution is 2.32. The standard InChI is InChI=1S/C23H19F2N5O2/c1-13-2-3-15(11-28-13)14-4-5-20-18(6-14)19(22(27)32)7-16(29-20)8-21(31)30-12-23(24,25)9-17(30)10-26/h2-7,11,17H,8-9,12H2,1H3,(H2,27,32). The van der Waals surface area contributed by atoms with Crippen LogP contribution in [0.15, 0.2) is 42.6 Å². The van der Waals surface area contributed by atoms with Gasteiger partial charge in [0.15, 0.2) is 0 Å².